The van der Waals surface area contributed by atoms with Crippen LogP contribution in [0.2, 0.25) is 0 Å². The number of hydrogen-bond donors (Lipinski definition) is 3. The molecule has 180 valence electrons. The van der Waals surface area contributed by atoms with Gasteiger partial charge in [0.05, 0.1) is 11.9 Å². The van der Waals surface area contributed by atoms with Gasteiger partial charge in [0.25, 0.3) is 5.91 Å². The van der Waals surface area contributed by atoms with Gasteiger partial charge in [-0.05, 0) is 22.4 Å². The summed E-state index contributed by atoms with van der Waals surface area (Å²) < 4.78 is 12.8. The van der Waals surface area contributed by atoms with Gasteiger partial charge in [-0.15, -0.1) is 15.3 Å². The Labute approximate surface area is 200 Å². The number of hydrazone groups is 1. The quantitative estimate of drug-likeness (QED) is 0.148. The first-order valence-electron chi connectivity index (χ1n) is 9.71. The Kier molecular flexibility index (Phi) is 6.96. The van der Waals surface area contributed by atoms with E-state index in [0.29, 0.717) is 16.4 Å². The molecule has 0 fully saturated rings. The van der Waals surface area contributed by atoms with Crippen molar-refractivity contribution in [3.05, 3.63) is 47.5 Å². The van der Waals surface area contributed by atoms with Crippen LogP contribution in [0.3, 0.4) is 0 Å². The summed E-state index contributed by atoms with van der Waals surface area (Å²) in [4.78, 5) is 23.6. The zero-order chi connectivity index (χ0) is 24.8. The molecule has 0 saturated heterocycles. The number of para-hydroxylation sites is 1. The van der Waals surface area contributed by atoms with Crippen molar-refractivity contribution in [2.45, 2.75) is 10.9 Å². The number of carboxylic acids is 1. The van der Waals surface area contributed by atoms with Crippen LogP contribution >= 0.6 is 11.8 Å². The van der Waals surface area contributed by atoms with Crippen LogP contribution in [0.1, 0.15) is 21.7 Å². The van der Waals surface area contributed by atoms with Crippen molar-refractivity contribution in [2.24, 2.45) is 12.1 Å². The monoisotopic (exact) mass is 499 g/mol. The van der Waals surface area contributed by atoms with Crippen molar-refractivity contribution < 1.29 is 24.1 Å². The number of carbonyl (C=O) groups excluding carboxylic acids is 1. The largest absolute Gasteiger partial charge is 0.481 e. The highest BCUT2D eigenvalue weighted by molar-refractivity contribution is 7.98. The van der Waals surface area contributed by atoms with Crippen LogP contribution in [0.15, 0.2) is 45.5 Å². The van der Waals surface area contributed by atoms with Crippen molar-refractivity contribution in [2.75, 3.05) is 12.3 Å². The molecule has 0 aliphatic rings. The van der Waals surface area contributed by atoms with Gasteiger partial charge in [-0.3, -0.25) is 4.79 Å². The molecule has 0 unspecified atom stereocenters. The first kappa shape index (κ1) is 23.4. The molecule has 4 aromatic rings. The van der Waals surface area contributed by atoms with E-state index >= 15 is 0 Å². The molecular weight excluding hydrogens is 482 g/mol. The molecule has 0 bridgehead atoms. The average Bonchev–Trinajstić information content (AvgIpc) is 3.56. The van der Waals surface area contributed by atoms with E-state index in [4.69, 9.17) is 15.6 Å². The van der Waals surface area contributed by atoms with Crippen LogP contribution in [0.5, 0.6) is 5.75 Å². The summed E-state index contributed by atoms with van der Waals surface area (Å²) in [6, 6.07) is 6.61. The molecule has 1 amide bonds. The lowest BCUT2D eigenvalue weighted by Crippen LogP contribution is -2.20. The summed E-state index contributed by atoms with van der Waals surface area (Å²) in [5.41, 5.74) is 8.89. The summed E-state index contributed by atoms with van der Waals surface area (Å²) in [5.74, 6) is -1.28. The second-order valence-corrected chi connectivity index (χ2v) is 7.64. The normalized spacial score (nSPS) is 11.1. The number of aromatic nitrogens is 8. The van der Waals surface area contributed by atoms with Crippen LogP contribution in [0.4, 0.5) is 5.82 Å². The molecule has 0 aliphatic heterocycles. The number of anilines is 1. The number of rotatable bonds is 10. The third-order valence-corrected chi connectivity index (χ3v) is 5.37. The highest BCUT2D eigenvalue weighted by atomic mass is 32.2. The molecule has 0 aliphatic carbocycles. The minimum Gasteiger partial charge on any atom is -0.481 e. The Hall–Kier alpha value is -4.80. The van der Waals surface area contributed by atoms with Gasteiger partial charge in [0.2, 0.25) is 11.6 Å². The Morgan fingerprint density at radius 1 is 1.31 bits per heavy atom. The number of benzene rings is 1. The molecule has 4 rings (SSSR count). The SMILES string of the molecule is Cn1cnnc1SCc1c(C(=O)N/N=C\c2ccccc2OCC(=O)O)nnn1-c1nonc1N. The maximum absolute atomic E-state index is 12.9. The minimum atomic E-state index is -1.12. The molecule has 1 aromatic carbocycles. The Bertz CT molecular complexity index is 1380. The van der Waals surface area contributed by atoms with Crippen LogP contribution in [0.25, 0.3) is 5.82 Å². The molecule has 0 atom stereocenters. The molecule has 4 N–H and O–H groups in total. The lowest BCUT2D eigenvalue weighted by atomic mass is 10.2. The number of ether oxygens (including phenoxy) is 1. The van der Waals surface area contributed by atoms with Crippen molar-refractivity contribution in [3.63, 3.8) is 0 Å². The molecule has 35 heavy (non-hydrogen) atoms. The smallest absolute Gasteiger partial charge is 0.341 e. The topological polar surface area (TPSA) is 214 Å². The van der Waals surface area contributed by atoms with E-state index in [9.17, 15) is 9.59 Å². The zero-order valence-electron chi connectivity index (χ0n) is 18.0. The van der Waals surface area contributed by atoms with E-state index in [1.807, 2.05) is 0 Å². The predicted octanol–water partition coefficient (Wildman–Crippen LogP) is -0.119. The number of amides is 1. The Morgan fingerprint density at radius 3 is 2.86 bits per heavy atom. The van der Waals surface area contributed by atoms with E-state index in [-0.39, 0.29) is 28.8 Å². The average molecular weight is 499 g/mol. The first-order chi connectivity index (χ1) is 16.9. The summed E-state index contributed by atoms with van der Waals surface area (Å²) >= 11 is 1.28. The number of carboxylic acid groups (broad SMARTS) is 1. The number of thioether (sulfide) groups is 1. The fourth-order valence-electron chi connectivity index (χ4n) is 2.72. The maximum atomic E-state index is 12.9. The van der Waals surface area contributed by atoms with Gasteiger partial charge in [-0.1, -0.05) is 29.1 Å². The molecule has 3 heterocycles. The molecule has 17 heteroatoms. The zero-order valence-corrected chi connectivity index (χ0v) is 18.8. The van der Waals surface area contributed by atoms with Gasteiger partial charge in [0, 0.05) is 18.4 Å². The number of carbonyl (C=O) groups is 2. The molecular formula is C18H17N11O5S. The summed E-state index contributed by atoms with van der Waals surface area (Å²) in [6.07, 6.45) is 2.85. The van der Waals surface area contributed by atoms with Gasteiger partial charge in [-0.25, -0.2) is 14.8 Å². The van der Waals surface area contributed by atoms with Crippen molar-refractivity contribution >= 4 is 35.7 Å². The van der Waals surface area contributed by atoms with Crippen molar-refractivity contribution in [1.82, 2.24) is 45.5 Å². The number of nitrogens with zero attached hydrogens (tertiary/aromatic N) is 9. The molecule has 3 aromatic heterocycles. The Morgan fingerprint density at radius 2 is 2.14 bits per heavy atom. The van der Waals surface area contributed by atoms with Crippen LogP contribution < -0.4 is 15.9 Å². The lowest BCUT2D eigenvalue weighted by molar-refractivity contribution is -0.139. The number of nitrogens with one attached hydrogen (secondary N) is 1. The second kappa shape index (κ2) is 10.4. The number of nitrogen functional groups attached to an aromatic ring is 1. The van der Waals surface area contributed by atoms with Crippen LogP contribution in [0, 0.1) is 0 Å². The highest BCUT2D eigenvalue weighted by Crippen LogP contribution is 2.24. The van der Waals surface area contributed by atoms with E-state index < -0.39 is 18.5 Å². The predicted molar refractivity (Wildman–Crippen MR) is 119 cm³/mol. The van der Waals surface area contributed by atoms with Crippen LogP contribution in [-0.2, 0) is 17.6 Å². The standard InChI is InChI=1S/C18H17N11O5S/c1-28-9-21-24-18(28)35-8-11-14(22-27-29(11)16-15(19)25-34-26-16)17(32)23-20-6-10-4-2-3-5-12(10)33-7-13(30)31/h2-6,9H,7-8H2,1H3,(H2,19,25)(H,23,32)(H,30,31)/b20-6-. The van der Waals surface area contributed by atoms with E-state index in [1.54, 1.807) is 35.9 Å². The first-order valence-corrected chi connectivity index (χ1v) is 10.7. The third-order valence-electron chi connectivity index (χ3n) is 4.32. The minimum absolute atomic E-state index is 0.0391. The number of nitrogens with two attached hydrogens (primary N) is 1. The van der Waals surface area contributed by atoms with Gasteiger partial charge >= 0.3 is 5.97 Å². The molecule has 0 radical (unpaired) electrons. The summed E-state index contributed by atoms with van der Waals surface area (Å²) in [5, 5.41) is 36.3. The summed E-state index contributed by atoms with van der Waals surface area (Å²) in [6.45, 7) is -0.521. The Balaban J connectivity index is 1.55. The third kappa shape index (κ3) is 5.41. The maximum Gasteiger partial charge on any atom is 0.341 e. The highest BCUT2D eigenvalue weighted by Gasteiger charge is 2.24. The molecule has 0 spiro atoms. The van der Waals surface area contributed by atoms with Gasteiger partial charge < -0.3 is 20.1 Å². The van der Waals surface area contributed by atoms with Crippen molar-refractivity contribution in [3.8, 4) is 11.6 Å². The fourth-order valence-corrected chi connectivity index (χ4v) is 3.60. The number of hydrogen-bond acceptors (Lipinski definition) is 13. The van der Waals surface area contributed by atoms with Crippen molar-refractivity contribution in [1.29, 1.82) is 0 Å². The fraction of sp³-hybridized carbons (Fsp3) is 0.167. The van der Waals surface area contributed by atoms with Gasteiger partial charge in [0.1, 0.15) is 12.1 Å². The van der Waals surface area contributed by atoms with Gasteiger partial charge in [0.15, 0.2) is 17.5 Å². The summed E-state index contributed by atoms with van der Waals surface area (Å²) in [7, 11) is 1.78. The van der Waals surface area contributed by atoms with Crippen LogP contribution in [-0.4, -0.2) is 69.9 Å². The lowest BCUT2D eigenvalue weighted by Gasteiger charge is -2.06. The van der Waals surface area contributed by atoms with E-state index in [0.717, 1.165) is 0 Å². The second-order valence-electron chi connectivity index (χ2n) is 6.70. The van der Waals surface area contributed by atoms with E-state index in [1.165, 1.54) is 29.0 Å². The molecule has 0 saturated carbocycles. The number of aryl methyl sites for hydroxylation is 1. The number of aliphatic carboxylic acids is 1. The van der Waals surface area contributed by atoms with Gasteiger partial charge in [-0.2, -0.15) is 9.78 Å². The van der Waals surface area contributed by atoms with E-state index in [2.05, 4.69) is 46.0 Å². The molecule has 16 nitrogen and oxygen atoms in total.